The minimum Gasteiger partial charge on any atom is -0.863 e. The number of hydrogen-bond donors (Lipinski definition) is 1. The van der Waals surface area contributed by atoms with Crippen LogP contribution in [0.2, 0.25) is 0 Å². The Morgan fingerprint density at radius 2 is 2.18 bits per heavy atom. The minimum absolute atomic E-state index is 0.479. The van der Waals surface area contributed by atoms with Gasteiger partial charge in [0.1, 0.15) is 6.54 Å². The van der Waals surface area contributed by atoms with Gasteiger partial charge < -0.3 is 15.9 Å². The summed E-state index contributed by atoms with van der Waals surface area (Å²) in [6, 6.07) is 0. The van der Waals surface area contributed by atoms with Gasteiger partial charge in [-0.05, 0) is 0 Å². The van der Waals surface area contributed by atoms with Gasteiger partial charge in [-0.3, -0.25) is 9.79 Å². The van der Waals surface area contributed by atoms with E-state index in [0.717, 1.165) is 0 Å². The first-order chi connectivity index (χ1) is 5.16. The van der Waals surface area contributed by atoms with Crippen molar-refractivity contribution in [2.75, 3.05) is 13.1 Å². The monoisotopic (exact) mass is 228 g/mol. The number of carbonyl (C=O) groups is 1. The van der Waals surface area contributed by atoms with Gasteiger partial charge in [-0.25, -0.2) is 0 Å². The molecule has 11 heavy (non-hydrogen) atoms. The first-order valence-corrected chi connectivity index (χ1v) is 3.64. The molecule has 2 N–H and O–H groups in total. The van der Waals surface area contributed by atoms with Crippen LogP contribution in [0.5, 0.6) is 0 Å². The van der Waals surface area contributed by atoms with Gasteiger partial charge in [-0.15, -0.1) is 6.54 Å². The van der Waals surface area contributed by atoms with Crippen LogP contribution in [0.4, 0.5) is 0 Å². The van der Waals surface area contributed by atoms with Crippen LogP contribution >= 0.6 is 10.1 Å². The summed E-state index contributed by atoms with van der Waals surface area (Å²) in [5.74, 6) is -1.85. The molecule has 0 radical (unpaired) electrons. The number of aliphatic carboxylic acids is 1. The first-order valence-electron chi connectivity index (χ1n) is 2.35. The van der Waals surface area contributed by atoms with E-state index in [4.69, 9.17) is 10.8 Å². The van der Waals surface area contributed by atoms with Crippen molar-refractivity contribution in [3.05, 3.63) is 5.73 Å². The Hall–Kier alpha value is -0.291. The summed E-state index contributed by atoms with van der Waals surface area (Å²) < 4.78 is 0. The molecule has 0 aliphatic heterocycles. The average molecular weight is 229 g/mol. The number of carboxylic acid groups (broad SMARTS) is 1. The van der Waals surface area contributed by atoms with Crippen molar-refractivity contribution in [1.29, 1.82) is 0 Å². The van der Waals surface area contributed by atoms with Crippen LogP contribution in [0.1, 0.15) is 0 Å². The normalized spacial score (nSPS) is 10.0. The Kier molecular flexibility index (Phi) is 11.7. The van der Waals surface area contributed by atoms with Crippen molar-refractivity contribution in [2.24, 2.45) is 4.99 Å². The predicted molar refractivity (Wildman–Crippen MR) is 35.0 cm³/mol. The molecular weight excluding hydrogens is 223 g/mol. The smallest absolute Gasteiger partial charge is 0.325 e. The van der Waals surface area contributed by atoms with Crippen LogP contribution in [0.3, 0.4) is 0 Å². The molecule has 0 bridgehead atoms. The Morgan fingerprint density at radius 3 is 2.45 bits per heavy atom. The van der Waals surface area contributed by atoms with Crippen LogP contribution in [0.15, 0.2) is 4.99 Å². The van der Waals surface area contributed by atoms with Crippen molar-refractivity contribution in [2.45, 2.75) is 0 Å². The second kappa shape index (κ2) is 9.71. The molecule has 0 aromatic heterocycles. The summed E-state index contributed by atoms with van der Waals surface area (Å²) in [4.78, 5) is 12.7. The predicted octanol–water partition coefficient (Wildman–Crippen LogP) is -0.431. The summed E-state index contributed by atoms with van der Waals surface area (Å²) in [6.07, 6.45) is 0. The zero-order valence-electron chi connectivity index (χ0n) is 5.30. The summed E-state index contributed by atoms with van der Waals surface area (Å²) in [7, 11) is 4.20. The van der Waals surface area contributed by atoms with E-state index in [1.807, 2.05) is 0 Å². The summed E-state index contributed by atoms with van der Waals surface area (Å²) >= 11 is 3.66. The zero-order chi connectivity index (χ0) is 9.28. The van der Waals surface area contributed by atoms with E-state index in [2.05, 4.69) is 30.2 Å². The van der Waals surface area contributed by atoms with Crippen LogP contribution in [-0.2, 0) is 19.9 Å². The van der Waals surface area contributed by atoms with Gasteiger partial charge in [0.25, 0.3) is 0 Å². The maximum absolute atomic E-state index is 10.1. The molecule has 7 heteroatoms. The van der Waals surface area contributed by atoms with Crippen LogP contribution in [0, 0.1) is 0 Å². The molecule has 0 aromatic rings. The zero-order valence-corrected chi connectivity index (χ0v) is 7.00. The van der Waals surface area contributed by atoms with E-state index in [0.29, 0.717) is 0 Å². The topological polar surface area (TPSA) is 96.5 Å². The maximum Gasteiger partial charge on any atom is 0.325 e. The van der Waals surface area contributed by atoms with Crippen molar-refractivity contribution in [3.63, 3.8) is 0 Å². The summed E-state index contributed by atoms with van der Waals surface area (Å²) in [5, 5.41) is 18.0. The maximum atomic E-state index is 10.1. The quantitative estimate of drug-likeness (QED) is 0.404. The molecule has 5 nitrogen and oxygen atoms in total. The van der Waals surface area contributed by atoms with Gasteiger partial charge in [0.2, 0.25) is 0 Å². The molecule has 0 unspecified atom stereocenters. The Morgan fingerprint density at radius 1 is 1.73 bits per heavy atom. The number of carboxylic acids is 1. The second-order valence-corrected chi connectivity index (χ2v) is 1.28. The molecule has 0 aromatic carbocycles. The largest absolute Gasteiger partial charge is 0.863 e. The Bertz CT molecular complexity index is 141. The molecule has 0 saturated carbocycles. The number of halogens is 1. The minimum atomic E-state index is -1.16. The van der Waals surface area contributed by atoms with Gasteiger partial charge in [0, 0.05) is 0 Å². The third-order valence-electron chi connectivity index (χ3n) is 0.542. The fourth-order valence-corrected chi connectivity index (χ4v) is 0.212. The third kappa shape index (κ3) is 12.8. The molecule has 0 rings (SSSR count). The molecule has 0 amide bonds. The Balaban J connectivity index is 0. The van der Waals surface area contributed by atoms with E-state index in [1.54, 1.807) is 0 Å². The van der Waals surface area contributed by atoms with Crippen LogP contribution in [0.25, 0.3) is 5.73 Å². The second-order valence-electron chi connectivity index (χ2n) is 1.28. The van der Waals surface area contributed by atoms with E-state index >= 15 is 0 Å². The molecule has 0 aliphatic rings. The fourth-order valence-electron chi connectivity index (χ4n) is 0.212. The van der Waals surface area contributed by atoms with Gasteiger partial charge in [0.05, 0.1) is 0 Å². The number of aliphatic imine (C=N–C) groups is 1. The molecule has 0 heterocycles. The molecular formula is C4H6ClCuN2O3-2. The van der Waals surface area contributed by atoms with Crippen LogP contribution < -0.4 is 5.11 Å². The fraction of sp³-hybridized carbons (Fsp3) is 0.500. The summed E-state index contributed by atoms with van der Waals surface area (Å²) in [6.45, 7) is -1.01. The van der Waals surface area contributed by atoms with Crippen molar-refractivity contribution in [1.82, 2.24) is 0 Å². The van der Waals surface area contributed by atoms with Crippen molar-refractivity contribution in [3.8, 4) is 0 Å². The first kappa shape index (κ1) is 13.3. The molecule has 0 spiro atoms. The van der Waals surface area contributed by atoms with Crippen LogP contribution in [-0.4, -0.2) is 30.1 Å². The van der Waals surface area contributed by atoms with Gasteiger partial charge in [-0.2, -0.15) is 0 Å². The molecule has 0 fully saturated rings. The van der Waals surface area contributed by atoms with E-state index in [9.17, 15) is 9.90 Å². The van der Waals surface area contributed by atoms with Crippen molar-refractivity contribution < 1.29 is 30.1 Å². The number of rotatable bonds is 3. The number of nitrogens with zero attached hydrogens (tertiary/aromatic N) is 1. The SMILES string of the molecule is [Cl][Cu].[NH-]CC([O-])=NCC(=O)O. The summed E-state index contributed by atoms with van der Waals surface area (Å²) in [5.41, 5.74) is 6.42. The molecule has 0 atom stereocenters. The molecule has 70 valence electrons. The number of nitrogens with one attached hydrogen (secondary N) is 1. The van der Waals surface area contributed by atoms with Crippen molar-refractivity contribution >= 4 is 22.0 Å². The third-order valence-corrected chi connectivity index (χ3v) is 0.542. The van der Waals surface area contributed by atoms with E-state index in [-0.39, 0.29) is 0 Å². The molecule has 0 saturated heterocycles. The van der Waals surface area contributed by atoms with Gasteiger partial charge in [-0.1, -0.05) is 5.90 Å². The molecule has 0 aliphatic carbocycles. The standard InChI is InChI=1S/C4H7N2O3.ClH.Cu/c5-1-3(7)6-2-4(8)9;;/h5H,1-2H2,(H,6,7)(H,8,9);1H;/q-1;;+1/p-2. The van der Waals surface area contributed by atoms with E-state index in [1.165, 1.54) is 0 Å². The number of hydrogen-bond acceptors (Lipinski definition) is 3. The van der Waals surface area contributed by atoms with Gasteiger partial charge >= 0.3 is 31.2 Å². The van der Waals surface area contributed by atoms with E-state index < -0.39 is 25.0 Å². The Labute approximate surface area is 76.3 Å². The van der Waals surface area contributed by atoms with Gasteiger partial charge in [0.15, 0.2) is 0 Å². The average Bonchev–Trinajstić information content (AvgIpc) is 2.04.